The summed E-state index contributed by atoms with van der Waals surface area (Å²) in [6, 6.07) is 6.66. The average Bonchev–Trinajstić information content (AvgIpc) is 2.82. The van der Waals surface area contributed by atoms with Crippen LogP contribution in [0.5, 0.6) is 0 Å². The topological polar surface area (TPSA) is 61.0 Å². The Balaban J connectivity index is 1.99. The molecule has 3 rings (SSSR count). The molecule has 92 valence electrons. The zero-order valence-corrected chi connectivity index (χ0v) is 9.87. The third-order valence-electron chi connectivity index (χ3n) is 3.34. The van der Waals surface area contributed by atoms with Crippen LogP contribution in [0.15, 0.2) is 30.5 Å². The highest BCUT2D eigenvalue weighted by atomic mass is 16.6. The summed E-state index contributed by atoms with van der Waals surface area (Å²) in [4.78, 5) is 14.7. The molecule has 2 aromatic rings. The molecular formula is C13H13N3O2. The Morgan fingerprint density at radius 2 is 2.00 bits per heavy atom. The molecule has 5 nitrogen and oxygen atoms in total. The van der Waals surface area contributed by atoms with E-state index in [1.54, 1.807) is 12.1 Å². The highest BCUT2D eigenvalue weighted by Gasteiger charge is 2.15. The summed E-state index contributed by atoms with van der Waals surface area (Å²) in [5.74, 6) is 1.12. The van der Waals surface area contributed by atoms with Gasteiger partial charge in [0.25, 0.3) is 5.69 Å². The molecule has 0 radical (unpaired) electrons. The van der Waals surface area contributed by atoms with Gasteiger partial charge in [-0.05, 0) is 25.0 Å². The molecule has 1 aromatic carbocycles. The molecule has 1 aliphatic heterocycles. The SMILES string of the molecule is O=[N+]([O-])c1ccc(-c2cnc3n2CCCC3)cc1. The first-order valence-corrected chi connectivity index (χ1v) is 6.05. The summed E-state index contributed by atoms with van der Waals surface area (Å²) in [5.41, 5.74) is 2.16. The normalized spacial score (nSPS) is 14.2. The van der Waals surface area contributed by atoms with Crippen LogP contribution in [0, 0.1) is 10.1 Å². The van der Waals surface area contributed by atoms with Crippen LogP contribution in [0.4, 0.5) is 5.69 Å². The fourth-order valence-corrected chi connectivity index (χ4v) is 2.40. The van der Waals surface area contributed by atoms with Crippen molar-refractivity contribution in [1.29, 1.82) is 0 Å². The van der Waals surface area contributed by atoms with Gasteiger partial charge in [0.1, 0.15) is 5.82 Å². The quantitative estimate of drug-likeness (QED) is 0.602. The van der Waals surface area contributed by atoms with Gasteiger partial charge in [-0.3, -0.25) is 10.1 Å². The van der Waals surface area contributed by atoms with Gasteiger partial charge in [0.15, 0.2) is 0 Å². The highest BCUT2D eigenvalue weighted by Crippen LogP contribution is 2.26. The average molecular weight is 243 g/mol. The van der Waals surface area contributed by atoms with Gasteiger partial charge in [0.05, 0.1) is 16.8 Å². The fourth-order valence-electron chi connectivity index (χ4n) is 2.40. The predicted molar refractivity (Wildman–Crippen MR) is 67.3 cm³/mol. The van der Waals surface area contributed by atoms with Crippen LogP contribution >= 0.6 is 0 Å². The van der Waals surface area contributed by atoms with Crippen LogP contribution in [-0.2, 0) is 13.0 Å². The van der Waals surface area contributed by atoms with Crippen LogP contribution in [0.3, 0.4) is 0 Å². The van der Waals surface area contributed by atoms with E-state index in [1.807, 2.05) is 6.20 Å². The van der Waals surface area contributed by atoms with E-state index < -0.39 is 0 Å². The molecule has 0 aliphatic carbocycles. The number of benzene rings is 1. The molecule has 0 saturated heterocycles. The first kappa shape index (κ1) is 11.0. The highest BCUT2D eigenvalue weighted by molar-refractivity contribution is 5.61. The fraction of sp³-hybridized carbons (Fsp3) is 0.308. The van der Waals surface area contributed by atoms with Gasteiger partial charge in [-0.1, -0.05) is 0 Å². The third kappa shape index (κ3) is 1.77. The number of aryl methyl sites for hydroxylation is 1. The maximum atomic E-state index is 10.6. The molecule has 5 heteroatoms. The van der Waals surface area contributed by atoms with E-state index in [4.69, 9.17) is 0 Å². The largest absolute Gasteiger partial charge is 0.328 e. The van der Waals surface area contributed by atoms with Crippen LogP contribution in [0.1, 0.15) is 18.7 Å². The van der Waals surface area contributed by atoms with Crippen molar-refractivity contribution in [3.8, 4) is 11.3 Å². The second-order valence-corrected chi connectivity index (χ2v) is 4.47. The monoisotopic (exact) mass is 243 g/mol. The minimum atomic E-state index is -0.379. The Morgan fingerprint density at radius 3 is 2.72 bits per heavy atom. The second kappa shape index (κ2) is 4.25. The molecule has 2 heterocycles. The molecule has 0 atom stereocenters. The molecule has 1 aromatic heterocycles. The van der Waals surface area contributed by atoms with Gasteiger partial charge in [-0.15, -0.1) is 0 Å². The zero-order chi connectivity index (χ0) is 12.5. The molecule has 18 heavy (non-hydrogen) atoms. The number of non-ortho nitro benzene ring substituents is 1. The molecule has 0 N–H and O–H groups in total. The standard InChI is InChI=1S/C13H13N3O2/c17-16(18)11-6-4-10(5-7-11)12-9-14-13-3-1-2-8-15(12)13/h4-7,9H,1-3,8H2. The molecule has 0 fully saturated rings. The molecule has 0 saturated carbocycles. The smallest absolute Gasteiger partial charge is 0.269 e. The van der Waals surface area contributed by atoms with E-state index in [9.17, 15) is 10.1 Å². The lowest BCUT2D eigenvalue weighted by atomic mass is 10.1. The number of imidazole rings is 1. The number of nitro groups is 1. The van der Waals surface area contributed by atoms with Crippen molar-refractivity contribution < 1.29 is 4.92 Å². The second-order valence-electron chi connectivity index (χ2n) is 4.47. The van der Waals surface area contributed by atoms with Crippen LogP contribution in [0.2, 0.25) is 0 Å². The van der Waals surface area contributed by atoms with Crippen LogP contribution in [-0.4, -0.2) is 14.5 Å². The minimum absolute atomic E-state index is 0.122. The van der Waals surface area contributed by atoms with E-state index in [0.717, 1.165) is 30.0 Å². The van der Waals surface area contributed by atoms with Crippen LogP contribution in [0.25, 0.3) is 11.3 Å². The van der Waals surface area contributed by atoms with Crippen molar-refractivity contribution in [2.75, 3.05) is 0 Å². The molecule has 0 bridgehead atoms. The Hall–Kier alpha value is -2.17. The number of aromatic nitrogens is 2. The molecule has 0 spiro atoms. The molecule has 0 unspecified atom stereocenters. The lowest BCUT2D eigenvalue weighted by Gasteiger charge is -2.16. The van der Waals surface area contributed by atoms with Gasteiger partial charge >= 0.3 is 0 Å². The van der Waals surface area contributed by atoms with E-state index in [-0.39, 0.29) is 10.6 Å². The van der Waals surface area contributed by atoms with Crippen molar-refractivity contribution in [1.82, 2.24) is 9.55 Å². The third-order valence-corrected chi connectivity index (χ3v) is 3.34. The van der Waals surface area contributed by atoms with E-state index in [1.165, 1.54) is 25.0 Å². The lowest BCUT2D eigenvalue weighted by molar-refractivity contribution is -0.384. The van der Waals surface area contributed by atoms with Gasteiger partial charge in [0.2, 0.25) is 0 Å². The van der Waals surface area contributed by atoms with Crippen molar-refractivity contribution in [2.24, 2.45) is 0 Å². The van der Waals surface area contributed by atoms with Gasteiger partial charge in [-0.2, -0.15) is 0 Å². The molecular weight excluding hydrogens is 230 g/mol. The molecule has 1 aliphatic rings. The van der Waals surface area contributed by atoms with E-state index in [0.29, 0.717) is 0 Å². The maximum Gasteiger partial charge on any atom is 0.269 e. The summed E-state index contributed by atoms with van der Waals surface area (Å²) in [6.45, 7) is 0.988. The Morgan fingerprint density at radius 1 is 1.22 bits per heavy atom. The lowest BCUT2D eigenvalue weighted by Crippen LogP contribution is -2.11. The first-order valence-electron chi connectivity index (χ1n) is 6.05. The summed E-state index contributed by atoms with van der Waals surface area (Å²) < 4.78 is 2.21. The Kier molecular flexibility index (Phi) is 2.59. The zero-order valence-electron chi connectivity index (χ0n) is 9.87. The van der Waals surface area contributed by atoms with Crippen molar-refractivity contribution in [3.05, 3.63) is 46.4 Å². The van der Waals surface area contributed by atoms with Crippen molar-refractivity contribution in [2.45, 2.75) is 25.8 Å². The summed E-state index contributed by atoms with van der Waals surface area (Å²) in [7, 11) is 0. The van der Waals surface area contributed by atoms with E-state index in [2.05, 4.69) is 9.55 Å². The number of hydrogen-bond donors (Lipinski definition) is 0. The summed E-state index contributed by atoms with van der Waals surface area (Å²) in [6.07, 6.45) is 5.24. The number of hydrogen-bond acceptors (Lipinski definition) is 3. The minimum Gasteiger partial charge on any atom is -0.328 e. The number of nitrogens with zero attached hydrogens (tertiary/aromatic N) is 3. The number of nitro benzene ring substituents is 1. The van der Waals surface area contributed by atoms with E-state index >= 15 is 0 Å². The summed E-state index contributed by atoms with van der Waals surface area (Å²) >= 11 is 0. The number of fused-ring (bicyclic) bond motifs is 1. The summed E-state index contributed by atoms with van der Waals surface area (Å²) in [5, 5.41) is 10.6. The van der Waals surface area contributed by atoms with Gasteiger partial charge in [0, 0.05) is 30.7 Å². The Labute approximate surface area is 104 Å². The maximum absolute atomic E-state index is 10.6. The Bertz CT molecular complexity index is 587. The van der Waals surface area contributed by atoms with Crippen LogP contribution < -0.4 is 0 Å². The van der Waals surface area contributed by atoms with Crippen molar-refractivity contribution in [3.63, 3.8) is 0 Å². The number of rotatable bonds is 2. The predicted octanol–water partition coefficient (Wildman–Crippen LogP) is 2.79. The van der Waals surface area contributed by atoms with Gasteiger partial charge in [-0.25, -0.2) is 4.98 Å². The first-order chi connectivity index (χ1) is 8.75. The van der Waals surface area contributed by atoms with Gasteiger partial charge < -0.3 is 4.57 Å². The van der Waals surface area contributed by atoms with Crippen molar-refractivity contribution >= 4 is 5.69 Å². The molecule has 0 amide bonds.